The summed E-state index contributed by atoms with van der Waals surface area (Å²) in [6.07, 6.45) is 1.75. The molecule has 0 saturated heterocycles. The summed E-state index contributed by atoms with van der Waals surface area (Å²) in [4.78, 5) is 0. The van der Waals surface area contributed by atoms with Gasteiger partial charge in [0, 0.05) is 29.7 Å². The number of nitrogens with one attached hydrogen (secondary N) is 1. The molecular weight excluding hydrogens is 292 g/mol. The molecule has 0 aliphatic carbocycles. The number of nitrogens with two attached hydrogens (primary N) is 1. The molecule has 0 amide bonds. The molecule has 18 heavy (non-hydrogen) atoms. The van der Waals surface area contributed by atoms with Gasteiger partial charge < -0.3 is 16.2 Å². The summed E-state index contributed by atoms with van der Waals surface area (Å²) in [5, 5.41) is 12.6. The van der Waals surface area contributed by atoms with E-state index in [1.165, 1.54) is 11.1 Å². The first kappa shape index (κ1) is 15.6. The Bertz CT molecular complexity index is 371. The fourth-order valence-electron chi connectivity index (χ4n) is 2.05. The average Bonchev–Trinajstić information content (AvgIpc) is 2.35. The summed E-state index contributed by atoms with van der Waals surface area (Å²) in [6, 6.07) is 6.73. The molecule has 1 aromatic rings. The second-order valence-electron chi connectivity index (χ2n) is 4.60. The van der Waals surface area contributed by atoms with Crippen molar-refractivity contribution >= 4 is 15.9 Å². The largest absolute Gasteiger partial charge is 0.396 e. The van der Waals surface area contributed by atoms with Gasteiger partial charge in [0.2, 0.25) is 0 Å². The van der Waals surface area contributed by atoms with Gasteiger partial charge in [0.05, 0.1) is 0 Å². The minimum absolute atomic E-state index is 0.122. The lowest BCUT2D eigenvalue weighted by Gasteiger charge is -2.25. The minimum Gasteiger partial charge on any atom is -0.396 e. The fraction of sp³-hybridized carbons (Fsp3) is 0.571. The van der Waals surface area contributed by atoms with E-state index in [4.69, 9.17) is 10.8 Å². The van der Waals surface area contributed by atoms with E-state index in [0.717, 1.165) is 17.3 Å². The van der Waals surface area contributed by atoms with E-state index in [2.05, 4.69) is 53.3 Å². The van der Waals surface area contributed by atoms with Gasteiger partial charge in [-0.05, 0) is 37.0 Å². The first-order chi connectivity index (χ1) is 8.62. The van der Waals surface area contributed by atoms with Gasteiger partial charge in [-0.1, -0.05) is 35.0 Å². The zero-order valence-corrected chi connectivity index (χ0v) is 12.7. The van der Waals surface area contributed by atoms with E-state index >= 15 is 0 Å². The van der Waals surface area contributed by atoms with E-state index in [1.807, 2.05) is 0 Å². The number of aliphatic hydroxyl groups is 1. The third kappa shape index (κ3) is 4.35. The molecule has 0 aromatic heterocycles. The number of aliphatic hydroxyl groups excluding tert-OH is 1. The number of aryl methyl sites for hydroxylation is 1. The number of benzene rings is 1. The maximum atomic E-state index is 9.03. The summed E-state index contributed by atoms with van der Waals surface area (Å²) in [5.74, 6) is 0. The van der Waals surface area contributed by atoms with Crippen LogP contribution >= 0.6 is 15.9 Å². The molecule has 2 atom stereocenters. The molecule has 0 saturated carbocycles. The average molecular weight is 315 g/mol. The molecule has 102 valence electrons. The lowest BCUT2D eigenvalue weighted by Crippen LogP contribution is -2.37. The van der Waals surface area contributed by atoms with Gasteiger partial charge in [-0.2, -0.15) is 0 Å². The Morgan fingerprint density at radius 2 is 2.17 bits per heavy atom. The van der Waals surface area contributed by atoms with Gasteiger partial charge >= 0.3 is 0 Å². The molecule has 1 aromatic carbocycles. The smallest absolute Gasteiger partial charge is 0.0457 e. The van der Waals surface area contributed by atoms with Crippen LogP contribution in [0.1, 0.15) is 36.9 Å². The number of rotatable bonds is 7. The molecule has 1 rings (SSSR count). The lowest BCUT2D eigenvalue weighted by atomic mass is 10.0. The summed E-state index contributed by atoms with van der Waals surface area (Å²) >= 11 is 3.59. The summed E-state index contributed by atoms with van der Waals surface area (Å²) in [7, 11) is 0. The van der Waals surface area contributed by atoms with Crippen LogP contribution in [-0.4, -0.2) is 24.3 Å². The van der Waals surface area contributed by atoms with Crippen LogP contribution in [0.4, 0.5) is 0 Å². The maximum absolute atomic E-state index is 9.03. The highest BCUT2D eigenvalue weighted by Crippen LogP contribution is 2.25. The van der Waals surface area contributed by atoms with Gasteiger partial charge in [0.1, 0.15) is 0 Å². The van der Waals surface area contributed by atoms with Crippen LogP contribution in [0, 0.1) is 6.92 Å². The maximum Gasteiger partial charge on any atom is 0.0457 e. The zero-order chi connectivity index (χ0) is 13.5. The van der Waals surface area contributed by atoms with Crippen LogP contribution in [0.5, 0.6) is 0 Å². The van der Waals surface area contributed by atoms with Gasteiger partial charge in [0.15, 0.2) is 0 Å². The highest BCUT2D eigenvalue weighted by molar-refractivity contribution is 9.10. The zero-order valence-electron chi connectivity index (χ0n) is 11.1. The lowest BCUT2D eigenvalue weighted by molar-refractivity contribution is 0.255. The van der Waals surface area contributed by atoms with Crippen LogP contribution in [0.2, 0.25) is 0 Å². The fourth-order valence-corrected chi connectivity index (χ4v) is 2.81. The van der Waals surface area contributed by atoms with Gasteiger partial charge in [-0.25, -0.2) is 0 Å². The Hall–Kier alpha value is -0.420. The topological polar surface area (TPSA) is 58.3 Å². The van der Waals surface area contributed by atoms with E-state index in [0.29, 0.717) is 12.6 Å². The second kappa shape index (κ2) is 7.89. The molecule has 0 heterocycles. The first-order valence-electron chi connectivity index (χ1n) is 6.45. The van der Waals surface area contributed by atoms with E-state index in [-0.39, 0.29) is 12.6 Å². The molecule has 0 spiro atoms. The monoisotopic (exact) mass is 314 g/mol. The number of hydrogen-bond acceptors (Lipinski definition) is 3. The van der Waals surface area contributed by atoms with Crippen molar-refractivity contribution in [3.05, 3.63) is 33.8 Å². The molecule has 0 aliphatic heterocycles. The molecule has 3 nitrogen and oxygen atoms in total. The predicted molar refractivity (Wildman–Crippen MR) is 79.6 cm³/mol. The third-order valence-electron chi connectivity index (χ3n) is 3.17. The normalized spacial score (nSPS) is 14.5. The minimum atomic E-state index is 0.122. The Kier molecular flexibility index (Phi) is 6.86. The highest BCUT2D eigenvalue weighted by Gasteiger charge is 2.16. The van der Waals surface area contributed by atoms with Crippen molar-refractivity contribution in [1.82, 2.24) is 5.32 Å². The van der Waals surface area contributed by atoms with Crippen molar-refractivity contribution in [2.45, 2.75) is 38.8 Å². The molecule has 0 bridgehead atoms. The second-order valence-corrected chi connectivity index (χ2v) is 5.45. The Morgan fingerprint density at radius 3 is 2.67 bits per heavy atom. The van der Waals surface area contributed by atoms with Crippen LogP contribution < -0.4 is 11.1 Å². The van der Waals surface area contributed by atoms with Gasteiger partial charge in [-0.15, -0.1) is 0 Å². The van der Waals surface area contributed by atoms with Crippen molar-refractivity contribution in [2.24, 2.45) is 5.73 Å². The Labute approximate surface area is 118 Å². The van der Waals surface area contributed by atoms with Crippen LogP contribution in [0.3, 0.4) is 0 Å². The van der Waals surface area contributed by atoms with Crippen molar-refractivity contribution in [3.63, 3.8) is 0 Å². The molecule has 0 aliphatic rings. The van der Waals surface area contributed by atoms with Gasteiger partial charge in [-0.3, -0.25) is 0 Å². The summed E-state index contributed by atoms with van der Waals surface area (Å²) in [6.45, 7) is 4.94. The third-order valence-corrected chi connectivity index (χ3v) is 3.86. The number of halogens is 1. The van der Waals surface area contributed by atoms with E-state index in [1.54, 1.807) is 0 Å². The van der Waals surface area contributed by atoms with E-state index < -0.39 is 0 Å². The molecule has 0 radical (unpaired) electrons. The van der Waals surface area contributed by atoms with Crippen molar-refractivity contribution in [3.8, 4) is 0 Å². The van der Waals surface area contributed by atoms with Crippen molar-refractivity contribution < 1.29 is 5.11 Å². The summed E-state index contributed by atoms with van der Waals surface area (Å²) in [5.41, 5.74) is 8.27. The number of hydrogen-bond donors (Lipinski definition) is 3. The molecule has 4 heteroatoms. The first-order valence-corrected chi connectivity index (χ1v) is 7.24. The Balaban J connectivity index is 2.81. The molecule has 2 unspecified atom stereocenters. The van der Waals surface area contributed by atoms with Crippen molar-refractivity contribution in [2.75, 3.05) is 13.2 Å². The van der Waals surface area contributed by atoms with E-state index in [9.17, 15) is 0 Å². The Morgan fingerprint density at radius 1 is 1.44 bits per heavy atom. The van der Waals surface area contributed by atoms with Crippen LogP contribution in [0.15, 0.2) is 22.7 Å². The molecular formula is C14H23BrN2O. The quantitative estimate of drug-likeness (QED) is 0.724. The SMILES string of the molecule is CCC(CCO)NC(CN)c1ccc(C)cc1Br. The molecule has 0 fully saturated rings. The standard InChI is InChI=1S/C14H23BrN2O/c1-3-11(6-7-18)17-14(9-16)12-5-4-10(2)8-13(12)15/h4-5,8,11,14,17-18H,3,6-7,9,16H2,1-2H3. The molecule has 4 N–H and O–H groups in total. The van der Waals surface area contributed by atoms with Gasteiger partial charge in [0.25, 0.3) is 0 Å². The van der Waals surface area contributed by atoms with Crippen LogP contribution in [0.25, 0.3) is 0 Å². The van der Waals surface area contributed by atoms with Crippen LogP contribution in [-0.2, 0) is 0 Å². The summed E-state index contributed by atoms with van der Waals surface area (Å²) < 4.78 is 1.09. The highest BCUT2D eigenvalue weighted by atomic mass is 79.9. The predicted octanol–water partition coefficient (Wildman–Crippen LogP) is 2.51. The van der Waals surface area contributed by atoms with Crippen molar-refractivity contribution in [1.29, 1.82) is 0 Å².